The molecule has 16 heavy (non-hydrogen) atoms. The molecule has 0 radical (unpaired) electrons. The second-order valence-electron chi connectivity index (χ2n) is 3.82. The number of hydrogen-bond acceptors (Lipinski definition) is 2. The SMILES string of the molecule is CNC(C)(CC(N)=O)c1c(F)cccc1F. The van der Waals surface area contributed by atoms with Gasteiger partial charge in [0.05, 0.1) is 5.54 Å². The maximum Gasteiger partial charge on any atom is 0.219 e. The average molecular weight is 228 g/mol. The molecule has 0 aliphatic rings. The fourth-order valence-corrected chi connectivity index (χ4v) is 1.68. The smallest absolute Gasteiger partial charge is 0.219 e. The summed E-state index contributed by atoms with van der Waals surface area (Å²) in [7, 11) is 1.52. The van der Waals surface area contributed by atoms with E-state index in [9.17, 15) is 13.6 Å². The predicted molar refractivity (Wildman–Crippen MR) is 56.6 cm³/mol. The van der Waals surface area contributed by atoms with Crippen molar-refractivity contribution >= 4 is 5.91 Å². The first-order chi connectivity index (χ1) is 7.40. The predicted octanol–water partition coefficient (Wildman–Crippen LogP) is 1.27. The zero-order valence-corrected chi connectivity index (χ0v) is 9.18. The van der Waals surface area contributed by atoms with Gasteiger partial charge in [-0.1, -0.05) is 6.07 Å². The lowest BCUT2D eigenvalue weighted by Gasteiger charge is -2.29. The number of nitrogens with two attached hydrogens (primary N) is 1. The Bertz CT molecular complexity index is 389. The molecule has 0 spiro atoms. The normalized spacial score (nSPS) is 14.5. The fraction of sp³-hybridized carbons (Fsp3) is 0.364. The summed E-state index contributed by atoms with van der Waals surface area (Å²) in [6.07, 6.45) is -0.179. The largest absolute Gasteiger partial charge is 0.370 e. The Morgan fingerprint density at radius 3 is 2.31 bits per heavy atom. The van der Waals surface area contributed by atoms with E-state index < -0.39 is 23.1 Å². The number of amides is 1. The number of rotatable bonds is 4. The molecule has 0 saturated heterocycles. The number of benzene rings is 1. The Balaban J connectivity index is 3.27. The zero-order valence-electron chi connectivity index (χ0n) is 9.18. The minimum atomic E-state index is -1.14. The van der Waals surface area contributed by atoms with Crippen LogP contribution in [0.2, 0.25) is 0 Å². The third-order valence-corrected chi connectivity index (χ3v) is 2.59. The van der Waals surface area contributed by atoms with Gasteiger partial charge in [0.1, 0.15) is 11.6 Å². The summed E-state index contributed by atoms with van der Waals surface area (Å²) >= 11 is 0. The van der Waals surface area contributed by atoms with Crippen LogP contribution in [0.4, 0.5) is 8.78 Å². The molecule has 0 fully saturated rings. The van der Waals surface area contributed by atoms with Gasteiger partial charge in [0.25, 0.3) is 0 Å². The molecule has 0 saturated carbocycles. The van der Waals surface area contributed by atoms with Crippen LogP contribution in [0, 0.1) is 11.6 Å². The molecule has 0 heterocycles. The van der Waals surface area contributed by atoms with Crippen molar-refractivity contribution in [1.29, 1.82) is 0 Å². The van der Waals surface area contributed by atoms with Crippen LogP contribution in [0.5, 0.6) is 0 Å². The summed E-state index contributed by atoms with van der Waals surface area (Å²) in [5.41, 5.74) is 3.76. The molecule has 1 rings (SSSR count). The van der Waals surface area contributed by atoms with Crippen LogP contribution in [0.15, 0.2) is 18.2 Å². The van der Waals surface area contributed by atoms with Crippen LogP contribution < -0.4 is 11.1 Å². The van der Waals surface area contributed by atoms with Crippen LogP contribution in [-0.2, 0) is 10.3 Å². The lowest BCUT2D eigenvalue weighted by molar-refractivity contribution is -0.119. The standard InChI is InChI=1S/C11H14F2N2O/c1-11(15-2,6-9(14)16)10-7(12)4-3-5-8(10)13/h3-5,15H,6H2,1-2H3,(H2,14,16). The molecule has 88 valence electrons. The maximum absolute atomic E-state index is 13.6. The van der Waals surface area contributed by atoms with Crippen LogP contribution in [0.25, 0.3) is 0 Å². The van der Waals surface area contributed by atoms with Crippen LogP contribution in [0.3, 0.4) is 0 Å². The van der Waals surface area contributed by atoms with Crippen molar-refractivity contribution in [2.24, 2.45) is 5.73 Å². The van der Waals surface area contributed by atoms with E-state index in [1.165, 1.54) is 20.0 Å². The lowest BCUT2D eigenvalue weighted by Crippen LogP contribution is -2.42. The van der Waals surface area contributed by atoms with E-state index >= 15 is 0 Å². The summed E-state index contributed by atoms with van der Waals surface area (Å²) in [5.74, 6) is -2.02. The Kier molecular flexibility index (Phi) is 3.59. The number of nitrogens with one attached hydrogen (secondary N) is 1. The van der Waals surface area contributed by atoms with Gasteiger partial charge in [-0.3, -0.25) is 4.79 Å². The van der Waals surface area contributed by atoms with Crippen molar-refractivity contribution in [3.05, 3.63) is 35.4 Å². The van der Waals surface area contributed by atoms with Crippen molar-refractivity contribution < 1.29 is 13.6 Å². The van der Waals surface area contributed by atoms with Crippen LogP contribution >= 0.6 is 0 Å². The van der Waals surface area contributed by atoms with E-state index in [0.29, 0.717) is 0 Å². The van der Waals surface area contributed by atoms with Gasteiger partial charge in [0.2, 0.25) is 5.91 Å². The van der Waals surface area contributed by atoms with Gasteiger partial charge < -0.3 is 11.1 Å². The first-order valence-electron chi connectivity index (χ1n) is 4.82. The van der Waals surface area contributed by atoms with E-state index in [2.05, 4.69) is 5.32 Å². The Morgan fingerprint density at radius 2 is 1.94 bits per heavy atom. The van der Waals surface area contributed by atoms with Crippen LogP contribution in [0.1, 0.15) is 18.9 Å². The first kappa shape index (κ1) is 12.6. The number of primary amides is 1. The highest BCUT2D eigenvalue weighted by atomic mass is 19.1. The number of carbonyl (C=O) groups excluding carboxylic acids is 1. The van der Waals surface area contributed by atoms with Crippen molar-refractivity contribution in [3.8, 4) is 0 Å². The molecular formula is C11H14F2N2O. The van der Waals surface area contributed by atoms with Crippen molar-refractivity contribution in [2.45, 2.75) is 18.9 Å². The van der Waals surface area contributed by atoms with Gasteiger partial charge in [-0.2, -0.15) is 0 Å². The van der Waals surface area contributed by atoms with Crippen LogP contribution in [-0.4, -0.2) is 13.0 Å². The number of carbonyl (C=O) groups is 1. The van der Waals surface area contributed by atoms with E-state index in [1.807, 2.05) is 0 Å². The molecule has 1 aromatic rings. The Hall–Kier alpha value is -1.49. The average Bonchev–Trinajstić information content (AvgIpc) is 2.16. The van der Waals surface area contributed by atoms with Gasteiger partial charge in [-0.15, -0.1) is 0 Å². The topological polar surface area (TPSA) is 55.1 Å². The number of halogens is 2. The highest BCUT2D eigenvalue weighted by molar-refractivity contribution is 5.75. The van der Waals surface area contributed by atoms with Gasteiger partial charge in [-0.05, 0) is 26.1 Å². The Labute approximate surface area is 92.6 Å². The molecule has 0 bridgehead atoms. The van der Waals surface area contributed by atoms with Crippen molar-refractivity contribution in [2.75, 3.05) is 7.05 Å². The van der Waals surface area contributed by atoms with Gasteiger partial charge in [-0.25, -0.2) is 8.78 Å². The number of hydrogen-bond donors (Lipinski definition) is 2. The third kappa shape index (κ3) is 2.36. The van der Waals surface area contributed by atoms with E-state index in [1.54, 1.807) is 0 Å². The maximum atomic E-state index is 13.6. The summed E-state index contributed by atoms with van der Waals surface area (Å²) in [6, 6.07) is 3.57. The van der Waals surface area contributed by atoms with E-state index in [0.717, 1.165) is 12.1 Å². The Morgan fingerprint density at radius 1 is 1.44 bits per heavy atom. The van der Waals surface area contributed by atoms with Gasteiger partial charge >= 0.3 is 0 Å². The van der Waals surface area contributed by atoms with Crippen molar-refractivity contribution in [3.63, 3.8) is 0 Å². The molecule has 0 aliphatic heterocycles. The molecule has 0 aromatic heterocycles. The molecule has 1 amide bonds. The zero-order chi connectivity index (χ0) is 12.3. The van der Waals surface area contributed by atoms with Crippen molar-refractivity contribution in [1.82, 2.24) is 5.32 Å². The highest BCUT2D eigenvalue weighted by Crippen LogP contribution is 2.28. The fourth-order valence-electron chi connectivity index (χ4n) is 1.68. The summed E-state index contributed by atoms with van der Waals surface area (Å²) in [6.45, 7) is 1.53. The molecule has 3 nitrogen and oxygen atoms in total. The molecule has 1 unspecified atom stereocenters. The second-order valence-corrected chi connectivity index (χ2v) is 3.82. The molecule has 1 aromatic carbocycles. The van der Waals surface area contributed by atoms with Gasteiger partial charge in [0.15, 0.2) is 0 Å². The quantitative estimate of drug-likeness (QED) is 0.815. The first-order valence-corrected chi connectivity index (χ1v) is 4.82. The molecule has 5 heteroatoms. The summed E-state index contributed by atoms with van der Waals surface area (Å²) in [5, 5.41) is 2.73. The minimum Gasteiger partial charge on any atom is -0.370 e. The second kappa shape index (κ2) is 4.57. The molecule has 3 N–H and O–H groups in total. The minimum absolute atomic E-state index is 0.170. The monoisotopic (exact) mass is 228 g/mol. The van der Waals surface area contributed by atoms with Gasteiger partial charge in [0, 0.05) is 12.0 Å². The molecule has 1 atom stereocenters. The summed E-state index contributed by atoms with van der Waals surface area (Å²) < 4.78 is 27.1. The molecule has 0 aliphatic carbocycles. The lowest BCUT2D eigenvalue weighted by atomic mass is 9.87. The van der Waals surface area contributed by atoms with E-state index in [4.69, 9.17) is 5.73 Å². The highest BCUT2D eigenvalue weighted by Gasteiger charge is 2.32. The third-order valence-electron chi connectivity index (χ3n) is 2.59. The summed E-state index contributed by atoms with van der Waals surface area (Å²) in [4.78, 5) is 10.9. The van der Waals surface area contributed by atoms with E-state index in [-0.39, 0.29) is 12.0 Å². The molecular weight excluding hydrogens is 214 g/mol.